The molecule has 25 heavy (non-hydrogen) atoms. The molecule has 7 nitrogen and oxygen atoms in total. The average molecular weight is 364 g/mol. The lowest BCUT2D eigenvalue weighted by Gasteiger charge is -2.18. The molecule has 0 saturated carbocycles. The van der Waals surface area contributed by atoms with E-state index in [1.165, 1.54) is 0 Å². The van der Waals surface area contributed by atoms with E-state index >= 15 is 0 Å². The van der Waals surface area contributed by atoms with Crippen LogP contribution in [-0.2, 0) is 21.4 Å². The third-order valence-corrected chi connectivity index (χ3v) is 5.54. The van der Waals surface area contributed by atoms with E-state index in [0.29, 0.717) is 19.5 Å². The largest absolute Gasteiger partial charge is 0.341 e. The molecule has 1 aliphatic heterocycles. The number of hydrogen-bond acceptors (Lipinski definition) is 4. The van der Waals surface area contributed by atoms with E-state index < -0.39 is 10.0 Å². The van der Waals surface area contributed by atoms with Gasteiger partial charge in [0.15, 0.2) is 0 Å². The van der Waals surface area contributed by atoms with Gasteiger partial charge < -0.3 is 9.47 Å². The SMILES string of the molecule is CC(C)c1nc2ccccc2n1CC(=O)N1CC[C@H](CS(N)(=O)=O)C1. The number of benzene rings is 1. The van der Waals surface area contributed by atoms with Gasteiger partial charge in [0.05, 0.1) is 16.8 Å². The fraction of sp³-hybridized carbons (Fsp3) is 0.529. The number of amides is 1. The van der Waals surface area contributed by atoms with Crippen LogP contribution in [0.5, 0.6) is 0 Å². The van der Waals surface area contributed by atoms with E-state index in [2.05, 4.69) is 18.8 Å². The second-order valence-electron chi connectivity index (χ2n) is 7.02. The fourth-order valence-corrected chi connectivity index (χ4v) is 4.39. The number of likely N-dealkylation sites (tertiary alicyclic amines) is 1. The molecule has 1 amide bonds. The van der Waals surface area contributed by atoms with Crippen LogP contribution in [0.1, 0.15) is 32.0 Å². The number of sulfonamides is 1. The minimum absolute atomic E-state index is 0.0121. The zero-order valence-electron chi connectivity index (χ0n) is 14.6. The van der Waals surface area contributed by atoms with Crippen molar-refractivity contribution in [2.45, 2.75) is 32.7 Å². The van der Waals surface area contributed by atoms with Gasteiger partial charge in [0.2, 0.25) is 15.9 Å². The molecule has 0 spiro atoms. The number of carbonyl (C=O) groups excluding carboxylic acids is 1. The van der Waals surface area contributed by atoms with Crippen LogP contribution in [0.15, 0.2) is 24.3 Å². The maximum Gasteiger partial charge on any atom is 0.242 e. The Hall–Kier alpha value is -1.93. The summed E-state index contributed by atoms with van der Waals surface area (Å²) in [6.07, 6.45) is 0.671. The molecule has 1 aromatic heterocycles. The quantitative estimate of drug-likeness (QED) is 0.864. The molecule has 1 fully saturated rings. The van der Waals surface area contributed by atoms with Crippen molar-refractivity contribution < 1.29 is 13.2 Å². The molecule has 8 heteroatoms. The molecule has 3 rings (SSSR count). The highest BCUT2D eigenvalue weighted by molar-refractivity contribution is 7.89. The second-order valence-corrected chi connectivity index (χ2v) is 8.68. The first-order valence-corrected chi connectivity index (χ1v) is 10.2. The van der Waals surface area contributed by atoms with Gasteiger partial charge in [0.25, 0.3) is 0 Å². The van der Waals surface area contributed by atoms with Crippen LogP contribution in [0.4, 0.5) is 0 Å². The first kappa shape index (κ1) is 17.9. The summed E-state index contributed by atoms with van der Waals surface area (Å²) < 4.78 is 24.5. The average Bonchev–Trinajstić information content (AvgIpc) is 3.11. The predicted octanol–water partition coefficient (Wildman–Crippen LogP) is 1.30. The third kappa shape index (κ3) is 4.01. The van der Waals surface area contributed by atoms with Gasteiger partial charge in [-0.1, -0.05) is 26.0 Å². The zero-order chi connectivity index (χ0) is 18.2. The van der Waals surface area contributed by atoms with Crippen LogP contribution in [-0.4, -0.2) is 47.6 Å². The van der Waals surface area contributed by atoms with Crippen molar-refractivity contribution in [3.63, 3.8) is 0 Å². The summed E-state index contributed by atoms with van der Waals surface area (Å²) >= 11 is 0. The Kier molecular flexibility index (Phi) is 4.83. The summed E-state index contributed by atoms with van der Waals surface area (Å²) in [5, 5.41) is 5.12. The molecule has 1 aliphatic rings. The van der Waals surface area contributed by atoms with Crippen LogP contribution in [0.3, 0.4) is 0 Å². The van der Waals surface area contributed by atoms with Crippen LogP contribution < -0.4 is 5.14 Å². The number of aromatic nitrogens is 2. The summed E-state index contributed by atoms with van der Waals surface area (Å²) in [7, 11) is -3.51. The molecule has 1 aromatic carbocycles. The van der Waals surface area contributed by atoms with Gasteiger partial charge in [-0.2, -0.15) is 0 Å². The second kappa shape index (κ2) is 6.76. The third-order valence-electron chi connectivity index (χ3n) is 4.60. The monoisotopic (exact) mass is 364 g/mol. The maximum atomic E-state index is 12.7. The number of imidazole rings is 1. The summed E-state index contributed by atoms with van der Waals surface area (Å²) in [6.45, 7) is 5.35. The van der Waals surface area contributed by atoms with E-state index in [1.807, 2.05) is 28.8 Å². The van der Waals surface area contributed by atoms with Gasteiger partial charge in [-0.15, -0.1) is 0 Å². The molecule has 0 radical (unpaired) electrons. The lowest BCUT2D eigenvalue weighted by molar-refractivity contribution is -0.130. The van der Waals surface area contributed by atoms with E-state index in [1.54, 1.807) is 4.90 Å². The number of primary sulfonamides is 1. The highest BCUT2D eigenvalue weighted by Crippen LogP contribution is 2.23. The Morgan fingerprint density at radius 1 is 1.36 bits per heavy atom. The van der Waals surface area contributed by atoms with Crippen molar-refractivity contribution in [1.29, 1.82) is 0 Å². The zero-order valence-corrected chi connectivity index (χ0v) is 15.4. The molecule has 2 aromatic rings. The fourth-order valence-electron chi connectivity index (χ4n) is 3.46. The number of nitrogens with zero attached hydrogens (tertiary/aromatic N) is 3. The molecule has 1 atom stereocenters. The van der Waals surface area contributed by atoms with Gasteiger partial charge in [0.1, 0.15) is 12.4 Å². The van der Waals surface area contributed by atoms with Crippen molar-refractivity contribution in [3.8, 4) is 0 Å². The molecular formula is C17H24N4O3S. The topological polar surface area (TPSA) is 98.3 Å². The minimum Gasteiger partial charge on any atom is -0.341 e. The minimum atomic E-state index is -3.51. The molecule has 2 heterocycles. The molecule has 136 valence electrons. The van der Waals surface area contributed by atoms with Gasteiger partial charge in [-0.3, -0.25) is 4.79 Å². The summed E-state index contributed by atoms with van der Waals surface area (Å²) in [5.74, 6) is 0.927. The normalized spacial score (nSPS) is 18.4. The summed E-state index contributed by atoms with van der Waals surface area (Å²) in [5.41, 5.74) is 1.83. The highest BCUT2D eigenvalue weighted by atomic mass is 32.2. The summed E-state index contributed by atoms with van der Waals surface area (Å²) in [4.78, 5) is 19.1. The number of fused-ring (bicyclic) bond motifs is 1. The van der Waals surface area contributed by atoms with Gasteiger partial charge >= 0.3 is 0 Å². The van der Waals surface area contributed by atoms with Crippen LogP contribution in [0.25, 0.3) is 11.0 Å². The van der Waals surface area contributed by atoms with Gasteiger partial charge in [-0.25, -0.2) is 18.5 Å². The van der Waals surface area contributed by atoms with E-state index in [-0.39, 0.29) is 30.0 Å². The van der Waals surface area contributed by atoms with Gasteiger partial charge in [-0.05, 0) is 24.5 Å². The smallest absolute Gasteiger partial charge is 0.242 e. The Balaban J connectivity index is 1.78. The number of rotatable bonds is 5. The molecule has 2 N–H and O–H groups in total. The van der Waals surface area contributed by atoms with Crippen molar-refractivity contribution in [1.82, 2.24) is 14.5 Å². The van der Waals surface area contributed by atoms with Crippen LogP contribution in [0, 0.1) is 5.92 Å². The van der Waals surface area contributed by atoms with Crippen molar-refractivity contribution in [3.05, 3.63) is 30.1 Å². The maximum absolute atomic E-state index is 12.7. The lowest BCUT2D eigenvalue weighted by Crippen LogP contribution is -2.33. The predicted molar refractivity (Wildman–Crippen MR) is 96.5 cm³/mol. The standard InChI is InChI=1S/C17H24N4O3S/c1-12(2)17-19-14-5-3-4-6-15(14)21(17)10-16(22)20-8-7-13(9-20)11-25(18,23)24/h3-6,12-13H,7-11H2,1-2H3,(H2,18,23,24)/t13-/m0/s1. The van der Waals surface area contributed by atoms with Crippen molar-refractivity contribution >= 4 is 27.0 Å². The Bertz CT molecular complexity index is 888. The molecule has 1 saturated heterocycles. The summed E-state index contributed by atoms with van der Waals surface area (Å²) in [6, 6.07) is 7.78. The number of hydrogen-bond donors (Lipinski definition) is 1. The van der Waals surface area contributed by atoms with E-state index in [4.69, 9.17) is 5.14 Å². The molecule has 0 unspecified atom stereocenters. The Morgan fingerprint density at radius 3 is 2.76 bits per heavy atom. The lowest BCUT2D eigenvalue weighted by atomic mass is 10.2. The first-order valence-electron chi connectivity index (χ1n) is 8.48. The Labute approximate surface area is 147 Å². The Morgan fingerprint density at radius 2 is 2.08 bits per heavy atom. The van der Waals surface area contributed by atoms with Gasteiger partial charge in [0, 0.05) is 19.0 Å². The number of carbonyl (C=O) groups is 1. The molecule has 0 aliphatic carbocycles. The van der Waals surface area contributed by atoms with Crippen molar-refractivity contribution in [2.75, 3.05) is 18.8 Å². The van der Waals surface area contributed by atoms with E-state index in [0.717, 1.165) is 16.9 Å². The number of nitrogens with two attached hydrogens (primary N) is 1. The number of para-hydroxylation sites is 2. The van der Waals surface area contributed by atoms with Crippen molar-refractivity contribution in [2.24, 2.45) is 11.1 Å². The van der Waals surface area contributed by atoms with Crippen LogP contribution in [0.2, 0.25) is 0 Å². The van der Waals surface area contributed by atoms with Crippen LogP contribution >= 0.6 is 0 Å². The molecule has 0 bridgehead atoms. The van der Waals surface area contributed by atoms with E-state index in [9.17, 15) is 13.2 Å². The molecular weight excluding hydrogens is 340 g/mol. The first-order chi connectivity index (χ1) is 11.7. The highest BCUT2D eigenvalue weighted by Gasteiger charge is 2.29.